The van der Waals surface area contributed by atoms with E-state index < -0.39 is 0 Å². The lowest BCUT2D eigenvalue weighted by Crippen LogP contribution is -2.29. The number of fused-ring (bicyclic) bond motifs is 1. The van der Waals surface area contributed by atoms with Gasteiger partial charge in [0.15, 0.2) is 5.84 Å². The third-order valence-corrected chi connectivity index (χ3v) is 4.23. The average molecular weight is 257 g/mol. The van der Waals surface area contributed by atoms with Gasteiger partial charge in [0.05, 0.1) is 10.4 Å². The first-order valence-electron chi connectivity index (χ1n) is 5.64. The number of rotatable bonds is 1. The molecule has 0 saturated carbocycles. The van der Waals surface area contributed by atoms with Gasteiger partial charge in [-0.2, -0.15) is 4.99 Å². The number of hydrogen-bond donors (Lipinski definition) is 2. The van der Waals surface area contributed by atoms with Crippen molar-refractivity contribution in [1.29, 1.82) is 5.41 Å². The van der Waals surface area contributed by atoms with Crippen molar-refractivity contribution in [3.63, 3.8) is 0 Å². The van der Waals surface area contributed by atoms with Crippen molar-refractivity contribution >= 4 is 34.4 Å². The van der Waals surface area contributed by atoms with Crippen molar-refractivity contribution in [2.75, 3.05) is 0 Å². The van der Waals surface area contributed by atoms with Crippen molar-refractivity contribution in [3.05, 3.63) is 39.6 Å². The highest BCUT2D eigenvalue weighted by molar-refractivity contribution is 7.16. The van der Waals surface area contributed by atoms with Gasteiger partial charge in [-0.25, -0.2) is 0 Å². The summed E-state index contributed by atoms with van der Waals surface area (Å²) in [6.45, 7) is 0. The molecular formula is C13H11N3OS. The van der Waals surface area contributed by atoms with E-state index in [-0.39, 0.29) is 17.5 Å². The van der Waals surface area contributed by atoms with Crippen LogP contribution < -0.4 is 5.73 Å². The average Bonchev–Trinajstić information content (AvgIpc) is 2.83. The van der Waals surface area contributed by atoms with E-state index in [2.05, 4.69) is 17.1 Å². The predicted octanol–water partition coefficient (Wildman–Crippen LogP) is 2.36. The molecule has 3 N–H and O–H groups in total. The van der Waals surface area contributed by atoms with E-state index in [1.807, 2.05) is 12.1 Å². The van der Waals surface area contributed by atoms with Gasteiger partial charge >= 0.3 is 0 Å². The lowest BCUT2D eigenvalue weighted by molar-refractivity contribution is 0.100. The summed E-state index contributed by atoms with van der Waals surface area (Å²) in [7, 11) is 0. The molecule has 2 aliphatic rings. The number of carbonyl (C=O) groups excluding carboxylic acids is 1. The zero-order valence-corrected chi connectivity index (χ0v) is 10.4. The zero-order chi connectivity index (χ0) is 12.7. The standard InChI is InChI=1S/C13H11N3OS/c14-10-11-8(13(17)16-12(10)15)6-9(18-11)7-4-2-1-3-5-7/h1-2,4,6,14H,3,5H2,(H2,15,16,17). The number of aliphatic imine (C=N–C) groups is 1. The van der Waals surface area contributed by atoms with Crippen LogP contribution in [0.1, 0.15) is 33.0 Å². The zero-order valence-electron chi connectivity index (χ0n) is 9.56. The fraction of sp³-hybridized carbons (Fsp3) is 0.154. The number of amides is 1. The van der Waals surface area contributed by atoms with Crippen molar-refractivity contribution < 1.29 is 4.79 Å². The normalized spacial score (nSPS) is 18.4. The van der Waals surface area contributed by atoms with Crippen LogP contribution in [0.4, 0.5) is 0 Å². The van der Waals surface area contributed by atoms with Gasteiger partial charge in [-0.05, 0) is 24.5 Å². The van der Waals surface area contributed by atoms with Gasteiger partial charge in [-0.15, -0.1) is 11.3 Å². The molecule has 0 spiro atoms. The van der Waals surface area contributed by atoms with Crippen molar-refractivity contribution in [2.45, 2.75) is 12.8 Å². The molecule has 1 aliphatic carbocycles. The molecule has 18 heavy (non-hydrogen) atoms. The maximum absolute atomic E-state index is 11.7. The number of thiophene rings is 1. The van der Waals surface area contributed by atoms with Crippen LogP contribution in [0.5, 0.6) is 0 Å². The molecule has 2 heterocycles. The molecule has 1 aromatic heterocycles. The summed E-state index contributed by atoms with van der Waals surface area (Å²) in [5, 5.41) is 7.86. The van der Waals surface area contributed by atoms with Crippen LogP contribution >= 0.6 is 11.3 Å². The SMILES string of the molecule is N=C1C(N)=NC(=O)c2cc(C3=CC=CCC3)sc21. The molecule has 0 unspecified atom stereocenters. The maximum atomic E-state index is 11.7. The monoisotopic (exact) mass is 257 g/mol. The Kier molecular flexibility index (Phi) is 2.48. The Hall–Kier alpha value is -2.01. The highest BCUT2D eigenvalue weighted by Gasteiger charge is 2.26. The Morgan fingerprint density at radius 3 is 3.00 bits per heavy atom. The van der Waals surface area contributed by atoms with Crippen molar-refractivity contribution in [1.82, 2.24) is 0 Å². The van der Waals surface area contributed by atoms with E-state index in [0.29, 0.717) is 10.4 Å². The van der Waals surface area contributed by atoms with E-state index in [0.717, 1.165) is 17.7 Å². The number of nitrogens with zero attached hydrogens (tertiary/aromatic N) is 1. The molecule has 5 heteroatoms. The third kappa shape index (κ3) is 1.64. The molecule has 1 aromatic rings. The van der Waals surface area contributed by atoms with E-state index in [4.69, 9.17) is 11.1 Å². The van der Waals surface area contributed by atoms with Gasteiger partial charge < -0.3 is 5.73 Å². The van der Waals surface area contributed by atoms with Gasteiger partial charge in [0.25, 0.3) is 5.91 Å². The fourth-order valence-corrected chi connectivity index (χ4v) is 3.20. The first-order valence-corrected chi connectivity index (χ1v) is 6.46. The summed E-state index contributed by atoms with van der Waals surface area (Å²) in [6, 6.07) is 1.83. The summed E-state index contributed by atoms with van der Waals surface area (Å²) in [5.74, 6) is -0.327. The molecule has 0 aromatic carbocycles. The molecule has 1 amide bonds. The molecular weight excluding hydrogens is 246 g/mol. The Balaban J connectivity index is 2.08. The summed E-state index contributed by atoms with van der Waals surface area (Å²) >= 11 is 1.45. The lowest BCUT2D eigenvalue weighted by Gasteiger charge is -2.07. The number of carbonyl (C=O) groups is 1. The minimum atomic E-state index is -0.340. The minimum Gasteiger partial charge on any atom is -0.382 e. The Labute approximate surface area is 108 Å². The van der Waals surface area contributed by atoms with Crippen LogP contribution in [0, 0.1) is 5.41 Å². The molecule has 0 bridgehead atoms. The Morgan fingerprint density at radius 2 is 2.28 bits per heavy atom. The van der Waals surface area contributed by atoms with E-state index in [9.17, 15) is 4.79 Å². The first-order chi connectivity index (χ1) is 8.66. The molecule has 0 radical (unpaired) electrons. The fourth-order valence-electron chi connectivity index (χ4n) is 2.04. The van der Waals surface area contributed by atoms with Crippen LogP contribution in [0.2, 0.25) is 0 Å². The second-order valence-electron chi connectivity index (χ2n) is 4.19. The highest BCUT2D eigenvalue weighted by atomic mass is 32.1. The smallest absolute Gasteiger partial charge is 0.280 e. The minimum absolute atomic E-state index is 0.0124. The quantitative estimate of drug-likeness (QED) is 0.810. The molecule has 3 rings (SSSR count). The number of hydrogen-bond acceptors (Lipinski definition) is 4. The van der Waals surface area contributed by atoms with E-state index >= 15 is 0 Å². The van der Waals surface area contributed by atoms with Crippen LogP contribution in [0.25, 0.3) is 5.57 Å². The largest absolute Gasteiger partial charge is 0.382 e. The van der Waals surface area contributed by atoms with Crippen molar-refractivity contribution in [2.24, 2.45) is 10.7 Å². The van der Waals surface area contributed by atoms with Gasteiger partial charge in [-0.1, -0.05) is 18.2 Å². The van der Waals surface area contributed by atoms with Gasteiger partial charge in [0.1, 0.15) is 5.71 Å². The first kappa shape index (κ1) is 11.1. The van der Waals surface area contributed by atoms with Gasteiger partial charge in [-0.3, -0.25) is 10.2 Å². The Bertz CT molecular complexity index is 649. The molecule has 90 valence electrons. The highest BCUT2D eigenvalue weighted by Crippen LogP contribution is 2.34. The number of nitrogens with two attached hydrogens (primary N) is 1. The predicted molar refractivity (Wildman–Crippen MR) is 73.5 cm³/mol. The van der Waals surface area contributed by atoms with Gasteiger partial charge in [0, 0.05) is 4.88 Å². The summed E-state index contributed by atoms with van der Waals surface area (Å²) in [6.07, 6.45) is 8.17. The van der Waals surface area contributed by atoms with Crippen LogP contribution in [-0.4, -0.2) is 17.5 Å². The maximum Gasteiger partial charge on any atom is 0.280 e. The van der Waals surface area contributed by atoms with Crippen LogP contribution in [0.15, 0.2) is 29.3 Å². The van der Waals surface area contributed by atoms with Crippen LogP contribution in [0.3, 0.4) is 0 Å². The Morgan fingerprint density at radius 1 is 1.44 bits per heavy atom. The molecule has 1 aliphatic heterocycles. The topological polar surface area (TPSA) is 79.3 Å². The summed E-state index contributed by atoms with van der Waals surface area (Å²) < 4.78 is 0. The van der Waals surface area contributed by atoms with E-state index in [1.54, 1.807) is 0 Å². The van der Waals surface area contributed by atoms with Gasteiger partial charge in [0.2, 0.25) is 0 Å². The molecule has 0 fully saturated rings. The van der Waals surface area contributed by atoms with Crippen LogP contribution in [-0.2, 0) is 0 Å². The molecule has 4 nitrogen and oxygen atoms in total. The molecule has 0 atom stereocenters. The second-order valence-corrected chi connectivity index (χ2v) is 5.24. The number of nitrogens with one attached hydrogen (secondary N) is 1. The lowest BCUT2D eigenvalue weighted by atomic mass is 10.0. The summed E-state index contributed by atoms with van der Waals surface area (Å²) in [4.78, 5) is 17.1. The second kappa shape index (κ2) is 4.03. The number of amidine groups is 1. The van der Waals surface area contributed by atoms with E-state index in [1.165, 1.54) is 16.9 Å². The molecule has 0 saturated heterocycles. The van der Waals surface area contributed by atoms with Crippen molar-refractivity contribution in [3.8, 4) is 0 Å². The third-order valence-electron chi connectivity index (χ3n) is 3.00. The number of allylic oxidation sites excluding steroid dienone is 4. The summed E-state index contributed by atoms with van der Waals surface area (Å²) in [5.41, 5.74) is 7.43.